The molecular formula is C19H30N2O4. The highest BCUT2D eigenvalue weighted by atomic mass is 16.5. The van der Waals surface area contributed by atoms with Crippen LogP contribution in [0.1, 0.15) is 40.0 Å². The van der Waals surface area contributed by atoms with Gasteiger partial charge in [-0.3, -0.25) is 4.79 Å². The molecule has 6 nitrogen and oxygen atoms in total. The van der Waals surface area contributed by atoms with E-state index in [1.807, 2.05) is 24.0 Å². The Labute approximate surface area is 150 Å². The van der Waals surface area contributed by atoms with Crippen LogP contribution in [0.15, 0.2) is 12.1 Å². The average Bonchev–Trinajstić information content (AvgIpc) is 2.60. The predicted molar refractivity (Wildman–Crippen MR) is 98.8 cm³/mol. The third-order valence-corrected chi connectivity index (χ3v) is 4.87. The Balaban J connectivity index is 2.19. The second-order valence-corrected chi connectivity index (χ2v) is 6.65. The lowest BCUT2D eigenvalue weighted by Gasteiger charge is -2.40. The van der Waals surface area contributed by atoms with Crippen molar-refractivity contribution in [1.29, 1.82) is 0 Å². The zero-order valence-corrected chi connectivity index (χ0v) is 16.1. The van der Waals surface area contributed by atoms with E-state index in [0.29, 0.717) is 17.2 Å². The molecule has 0 aliphatic carbocycles. The van der Waals surface area contributed by atoms with Crippen LogP contribution in [0.3, 0.4) is 0 Å². The number of hydrogen-bond donors (Lipinski definition) is 1. The second kappa shape index (κ2) is 8.32. The van der Waals surface area contributed by atoms with Gasteiger partial charge in [-0.1, -0.05) is 0 Å². The van der Waals surface area contributed by atoms with E-state index in [-0.39, 0.29) is 24.0 Å². The summed E-state index contributed by atoms with van der Waals surface area (Å²) in [5.41, 5.74) is 0.757. The van der Waals surface area contributed by atoms with Crippen LogP contribution in [0.4, 0.5) is 5.69 Å². The molecule has 1 aromatic carbocycles. The Kier molecular flexibility index (Phi) is 6.39. The molecule has 1 aromatic rings. The van der Waals surface area contributed by atoms with Crippen LogP contribution in [-0.4, -0.2) is 50.3 Å². The first-order valence-electron chi connectivity index (χ1n) is 8.81. The van der Waals surface area contributed by atoms with Crippen LogP contribution in [0.25, 0.3) is 0 Å². The highest BCUT2D eigenvalue weighted by Gasteiger charge is 2.31. The minimum atomic E-state index is -0.342. The van der Waals surface area contributed by atoms with Crippen molar-refractivity contribution in [2.75, 3.05) is 26.6 Å². The molecule has 140 valence electrons. The third-order valence-electron chi connectivity index (χ3n) is 4.87. The van der Waals surface area contributed by atoms with Crippen molar-refractivity contribution in [3.63, 3.8) is 0 Å². The number of nitrogens with one attached hydrogen (secondary N) is 1. The summed E-state index contributed by atoms with van der Waals surface area (Å²) in [5.74, 6) is 1.77. The van der Waals surface area contributed by atoms with Crippen molar-refractivity contribution in [2.45, 2.75) is 58.2 Å². The molecule has 1 amide bonds. The Morgan fingerprint density at radius 2 is 1.60 bits per heavy atom. The van der Waals surface area contributed by atoms with Crippen LogP contribution >= 0.6 is 0 Å². The highest BCUT2D eigenvalue weighted by molar-refractivity contribution is 5.85. The van der Waals surface area contributed by atoms with Gasteiger partial charge in [0.1, 0.15) is 6.04 Å². The van der Waals surface area contributed by atoms with Gasteiger partial charge in [0, 0.05) is 29.9 Å². The minimum Gasteiger partial charge on any atom is -0.493 e. The van der Waals surface area contributed by atoms with Gasteiger partial charge >= 0.3 is 0 Å². The standard InChI is InChI=1S/C19H30N2O4/c1-12-8-7-9-13(2)21(12)19(22)14(3)20-15-10-16(23-4)18(25-6)17(11-15)24-5/h10-14,20H,7-9H2,1-6H3/t12-,13+,14-/m1/s1. The molecule has 1 saturated heterocycles. The number of nitrogens with zero attached hydrogens (tertiary/aromatic N) is 1. The van der Waals surface area contributed by atoms with Crippen molar-refractivity contribution < 1.29 is 19.0 Å². The Morgan fingerprint density at radius 3 is 2.04 bits per heavy atom. The fraction of sp³-hybridized carbons (Fsp3) is 0.632. The van der Waals surface area contributed by atoms with E-state index in [9.17, 15) is 4.79 Å². The number of carbonyl (C=O) groups excluding carboxylic acids is 1. The molecule has 0 bridgehead atoms. The van der Waals surface area contributed by atoms with Crippen molar-refractivity contribution in [1.82, 2.24) is 4.90 Å². The van der Waals surface area contributed by atoms with Crippen LogP contribution in [-0.2, 0) is 4.79 Å². The quantitative estimate of drug-likeness (QED) is 0.853. The summed E-state index contributed by atoms with van der Waals surface area (Å²) in [7, 11) is 4.72. The fourth-order valence-electron chi connectivity index (χ4n) is 3.56. The van der Waals surface area contributed by atoms with Gasteiger partial charge in [0.15, 0.2) is 11.5 Å². The number of hydrogen-bond acceptors (Lipinski definition) is 5. The van der Waals surface area contributed by atoms with Crippen LogP contribution in [0.5, 0.6) is 17.2 Å². The van der Waals surface area contributed by atoms with Crippen LogP contribution in [0, 0.1) is 0 Å². The smallest absolute Gasteiger partial charge is 0.245 e. The van der Waals surface area contributed by atoms with Gasteiger partial charge in [-0.2, -0.15) is 0 Å². The largest absolute Gasteiger partial charge is 0.493 e. The van der Waals surface area contributed by atoms with E-state index in [1.54, 1.807) is 21.3 Å². The molecule has 1 N–H and O–H groups in total. The number of benzene rings is 1. The first-order chi connectivity index (χ1) is 11.9. The van der Waals surface area contributed by atoms with Gasteiger partial charge in [0.25, 0.3) is 0 Å². The van der Waals surface area contributed by atoms with E-state index in [4.69, 9.17) is 14.2 Å². The number of piperidine rings is 1. The number of methoxy groups -OCH3 is 3. The van der Waals surface area contributed by atoms with Gasteiger partial charge in [-0.05, 0) is 40.0 Å². The maximum Gasteiger partial charge on any atom is 0.245 e. The molecule has 1 aliphatic heterocycles. The average molecular weight is 350 g/mol. The molecule has 0 unspecified atom stereocenters. The van der Waals surface area contributed by atoms with E-state index in [1.165, 1.54) is 6.42 Å². The summed E-state index contributed by atoms with van der Waals surface area (Å²) >= 11 is 0. The van der Waals surface area contributed by atoms with Crippen molar-refractivity contribution in [2.24, 2.45) is 0 Å². The molecule has 2 rings (SSSR count). The number of carbonyl (C=O) groups is 1. The summed E-state index contributed by atoms with van der Waals surface area (Å²) < 4.78 is 16.1. The first-order valence-corrected chi connectivity index (χ1v) is 8.81. The summed E-state index contributed by atoms with van der Waals surface area (Å²) in [6.45, 7) is 6.14. The lowest BCUT2D eigenvalue weighted by atomic mass is 9.96. The molecular weight excluding hydrogens is 320 g/mol. The van der Waals surface area contributed by atoms with Gasteiger partial charge in [-0.25, -0.2) is 0 Å². The van der Waals surface area contributed by atoms with E-state index < -0.39 is 0 Å². The van der Waals surface area contributed by atoms with E-state index >= 15 is 0 Å². The zero-order valence-electron chi connectivity index (χ0n) is 16.1. The molecule has 1 heterocycles. The molecule has 3 atom stereocenters. The molecule has 0 radical (unpaired) electrons. The van der Waals surface area contributed by atoms with Crippen molar-refractivity contribution in [3.8, 4) is 17.2 Å². The number of rotatable bonds is 6. The Bertz CT molecular complexity index is 570. The van der Waals surface area contributed by atoms with Gasteiger partial charge in [0.05, 0.1) is 21.3 Å². The van der Waals surface area contributed by atoms with E-state index in [0.717, 1.165) is 18.5 Å². The van der Waals surface area contributed by atoms with E-state index in [2.05, 4.69) is 19.2 Å². The SMILES string of the molecule is COc1cc(N[C@H](C)C(=O)N2[C@H](C)CCC[C@@H]2C)cc(OC)c1OC. The summed E-state index contributed by atoms with van der Waals surface area (Å²) in [5, 5.41) is 3.27. The number of amides is 1. The maximum absolute atomic E-state index is 12.9. The maximum atomic E-state index is 12.9. The van der Waals surface area contributed by atoms with Crippen LogP contribution < -0.4 is 19.5 Å². The summed E-state index contributed by atoms with van der Waals surface area (Å²) in [6, 6.07) is 3.84. The van der Waals surface area contributed by atoms with Gasteiger partial charge in [-0.15, -0.1) is 0 Å². The van der Waals surface area contributed by atoms with Crippen molar-refractivity contribution in [3.05, 3.63) is 12.1 Å². The van der Waals surface area contributed by atoms with Crippen LogP contribution in [0.2, 0.25) is 0 Å². The molecule has 0 saturated carbocycles. The van der Waals surface area contributed by atoms with Gasteiger partial charge in [0.2, 0.25) is 11.7 Å². The molecule has 6 heteroatoms. The molecule has 0 aromatic heterocycles. The fourth-order valence-corrected chi connectivity index (χ4v) is 3.56. The normalized spacial score (nSPS) is 21.4. The molecule has 1 aliphatic rings. The molecule has 0 spiro atoms. The third kappa shape index (κ3) is 4.11. The summed E-state index contributed by atoms with van der Waals surface area (Å²) in [6.07, 6.45) is 3.31. The lowest BCUT2D eigenvalue weighted by molar-refractivity contribution is -0.137. The monoisotopic (exact) mass is 350 g/mol. The van der Waals surface area contributed by atoms with Gasteiger partial charge < -0.3 is 24.4 Å². The lowest BCUT2D eigenvalue weighted by Crippen LogP contribution is -2.52. The highest BCUT2D eigenvalue weighted by Crippen LogP contribution is 2.40. The second-order valence-electron chi connectivity index (χ2n) is 6.65. The predicted octanol–water partition coefficient (Wildman–Crippen LogP) is 3.30. The Hall–Kier alpha value is -2.11. The van der Waals surface area contributed by atoms with Crippen molar-refractivity contribution >= 4 is 11.6 Å². The first kappa shape index (κ1) is 19.2. The summed E-state index contributed by atoms with van der Waals surface area (Å²) in [4.78, 5) is 14.9. The number of ether oxygens (including phenoxy) is 3. The Morgan fingerprint density at radius 1 is 1.08 bits per heavy atom. The molecule has 1 fully saturated rings. The number of likely N-dealkylation sites (tertiary alicyclic amines) is 1. The zero-order chi connectivity index (χ0) is 18.6. The number of anilines is 1. The minimum absolute atomic E-state index is 0.119. The molecule has 25 heavy (non-hydrogen) atoms. The topological polar surface area (TPSA) is 60.0 Å².